The van der Waals surface area contributed by atoms with Crippen LogP contribution in [-0.2, 0) is 65.4 Å². The number of phosphoric acid groups is 2. The van der Waals surface area contributed by atoms with Crippen molar-refractivity contribution in [1.29, 1.82) is 0 Å². The van der Waals surface area contributed by atoms with E-state index in [9.17, 15) is 43.2 Å². The molecule has 5 atom stereocenters. The molecule has 0 amide bonds. The third-order valence-electron chi connectivity index (χ3n) is 18.8. The summed E-state index contributed by atoms with van der Waals surface area (Å²) in [7, 11) is -9.92. The summed E-state index contributed by atoms with van der Waals surface area (Å²) in [6.07, 6.45) is 57.0. The van der Waals surface area contributed by atoms with E-state index in [1.165, 1.54) is 212 Å². The van der Waals surface area contributed by atoms with Crippen LogP contribution in [-0.4, -0.2) is 96.7 Å². The number of aliphatic hydroxyl groups excluding tert-OH is 1. The Labute approximate surface area is 613 Å². The summed E-state index contributed by atoms with van der Waals surface area (Å²) < 4.78 is 68.7. The van der Waals surface area contributed by atoms with Gasteiger partial charge in [0.05, 0.1) is 26.4 Å². The second-order valence-corrected chi connectivity index (χ2v) is 34.0. The average molecular weight is 1470 g/mol. The van der Waals surface area contributed by atoms with Gasteiger partial charge in [0.2, 0.25) is 0 Å². The summed E-state index contributed by atoms with van der Waals surface area (Å²) in [6, 6.07) is 0. The van der Waals surface area contributed by atoms with Crippen molar-refractivity contribution in [3.05, 3.63) is 0 Å². The summed E-state index contributed by atoms with van der Waals surface area (Å²) in [5, 5.41) is 10.6. The molecule has 3 N–H and O–H groups in total. The lowest BCUT2D eigenvalue weighted by molar-refractivity contribution is -0.161. The Morgan fingerprint density at radius 3 is 0.620 bits per heavy atom. The van der Waals surface area contributed by atoms with E-state index in [2.05, 4.69) is 55.4 Å². The Hall–Kier alpha value is -1.94. The second kappa shape index (κ2) is 70.1. The molecule has 17 nitrogen and oxygen atoms in total. The van der Waals surface area contributed by atoms with Crippen molar-refractivity contribution < 1.29 is 80.2 Å². The van der Waals surface area contributed by atoms with Crippen molar-refractivity contribution in [2.24, 2.45) is 23.7 Å². The minimum Gasteiger partial charge on any atom is -0.462 e. The SMILES string of the molecule is CC(C)CCCCCCCCCCCCCCCCCCC(=O)OC[C@H](COP(=O)(O)OCC(O)COP(=O)(O)OC[C@@H](COC(=O)CCCCCCCCCC(C)C)OC(=O)CCCCCCCCCCCCCCC(C)C)OC(=O)CCCCCCCCCCCCCCCC(C)C. The zero-order chi connectivity index (χ0) is 73.8. The molecule has 594 valence electrons. The quantitative estimate of drug-likeness (QED) is 0.0222. The van der Waals surface area contributed by atoms with Gasteiger partial charge in [-0.1, -0.05) is 364 Å². The van der Waals surface area contributed by atoms with Crippen molar-refractivity contribution in [1.82, 2.24) is 0 Å². The molecule has 0 aromatic heterocycles. The maximum absolute atomic E-state index is 13.1. The largest absolute Gasteiger partial charge is 0.472 e. The Balaban J connectivity index is 5.24. The highest BCUT2D eigenvalue weighted by Gasteiger charge is 2.30. The van der Waals surface area contributed by atoms with E-state index in [4.69, 9.17) is 37.0 Å². The Morgan fingerprint density at radius 1 is 0.250 bits per heavy atom. The second-order valence-electron chi connectivity index (χ2n) is 31.1. The normalized spacial score (nSPS) is 14.0. The molecule has 100 heavy (non-hydrogen) atoms. The lowest BCUT2D eigenvalue weighted by atomic mass is 10.0. The minimum absolute atomic E-state index is 0.106. The van der Waals surface area contributed by atoms with Gasteiger partial charge in [0.1, 0.15) is 19.3 Å². The van der Waals surface area contributed by atoms with Gasteiger partial charge in [-0.2, -0.15) is 0 Å². The maximum atomic E-state index is 13.1. The lowest BCUT2D eigenvalue weighted by Crippen LogP contribution is -2.30. The number of phosphoric ester groups is 2. The fourth-order valence-electron chi connectivity index (χ4n) is 12.4. The zero-order valence-electron chi connectivity index (χ0n) is 65.8. The number of rotatable bonds is 78. The molecule has 0 aliphatic carbocycles. The van der Waals surface area contributed by atoms with Crippen LogP contribution >= 0.6 is 15.6 Å². The van der Waals surface area contributed by atoms with Crippen LogP contribution in [0.2, 0.25) is 0 Å². The Bertz CT molecular complexity index is 1950. The van der Waals surface area contributed by atoms with Gasteiger partial charge < -0.3 is 33.8 Å². The molecule has 19 heteroatoms. The number of hydrogen-bond donors (Lipinski definition) is 3. The minimum atomic E-state index is -4.96. The van der Waals surface area contributed by atoms with Crippen LogP contribution < -0.4 is 0 Å². The molecule has 0 aromatic carbocycles. The summed E-state index contributed by atoms with van der Waals surface area (Å²) in [5.74, 6) is 0.966. The molecule has 0 bridgehead atoms. The van der Waals surface area contributed by atoms with E-state index in [0.29, 0.717) is 31.6 Å². The predicted molar refractivity (Wildman–Crippen MR) is 409 cm³/mol. The summed E-state index contributed by atoms with van der Waals surface area (Å²) in [6.45, 7) is 14.2. The van der Waals surface area contributed by atoms with Crippen molar-refractivity contribution >= 4 is 39.5 Å². The molecule has 0 rings (SSSR count). The van der Waals surface area contributed by atoms with Crippen LogP contribution in [0.15, 0.2) is 0 Å². The predicted octanol–water partition coefficient (Wildman–Crippen LogP) is 24.0. The van der Waals surface area contributed by atoms with Gasteiger partial charge in [-0.05, 0) is 49.4 Å². The Morgan fingerprint density at radius 2 is 0.420 bits per heavy atom. The molecular formula is C81H158O17P2. The van der Waals surface area contributed by atoms with Crippen LogP contribution in [0.3, 0.4) is 0 Å². The lowest BCUT2D eigenvalue weighted by Gasteiger charge is -2.21. The van der Waals surface area contributed by atoms with Gasteiger partial charge in [0.25, 0.3) is 0 Å². The Kier molecular flexibility index (Phi) is 68.7. The van der Waals surface area contributed by atoms with E-state index in [-0.39, 0.29) is 25.7 Å². The number of hydrogen-bond acceptors (Lipinski definition) is 15. The van der Waals surface area contributed by atoms with E-state index in [1.54, 1.807) is 0 Å². The molecule has 0 spiro atoms. The topological polar surface area (TPSA) is 237 Å². The first-order valence-electron chi connectivity index (χ1n) is 41.7. The average Bonchev–Trinajstić information content (AvgIpc) is 1.15. The third-order valence-corrected chi connectivity index (χ3v) is 20.7. The summed E-state index contributed by atoms with van der Waals surface area (Å²) >= 11 is 0. The molecular weight excluding hydrogens is 1310 g/mol. The molecule has 0 saturated heterocycles. The molecule has 0 aliphatic rings. The van der Waals surface area contributed by atoms with Crippen molar-refractivity contribution in [3.8, 4) is 0 Å². The maximum Gasteiger partial charge on any atom is 0.472 e. The summed E-state index contributed by atoms with van der Waals surface area (Å²) in [5.41, 5.74) is 0. The van der Waals surface area contributed by atoms with Crippen LogP contribution in [0.25, 0.3) is 0 Å². The molecule has 0 heterocycles. The monoisotopic (exact) mass is 1470 g/mol. The van der Waals surface area contributed by atoms with Crippen LogP contribution in [0.5, 0.6) is 0 Å². The van der Waals surface area contributed by atoms with Crippen molar-refractivity contribution in [3.63, 3.8) is 0 Å². The van der Waals surface area contributed by atoms with Crippen molar-refractivity contribution in [2.75, 3.05) is 39.6 Å². The number of carbonyl (C=O) groups excluding carboxylic acids is 4. The number of aliphatic hydroxyl groups is 1. The third kappa shape index (κ3) is 74.3. The van der Waals surface area contributed by atoms with E-state index >= 15 is 0 Å². The number of esters is 4. The first-order chi connectivity index (χ1) is 48.1. The molecule has 0 saturated carbocycles. The van der Waals surface area contributed by atoms with Crippen molar-refractivity contribution in [2.45, 2.75) is 433 Å². The van der Waals surface area contributed by atoms with Crippen LogP contribution in [0, 0.1) is 23.7 Å². The smallest absolute Gasteiger partial charge is 0.462 e. The molecule has 0 aromatic rings. The van der Waals surface area contributed by atoms with E-state index in [0.717, 1.165) is 114 Å². The zero-order valence-corrected chi connectivity index (χ0v) is 67.6. The highest BCUT2D eigenvalue weighted by Crippen LogP contribution is 2.45. The first-order valence-corrected chi connectivity index (χ1v) is 44.7. The highest BCUT2D eigenvalue weighted by molar-refractivity contribution is 7.47. The molecule has 3 unspecified atom stereocenters. The number of ether oxygens (including phenoxy) is 4. The fraction of sp³-hybridized carbons (Fsp3) is 0.951. The van der Waals surface area contributed by atoms with Gasteiger partial charge in [0.15, 0.2) is 12.2 Å². The van der Waals surface area contributed by atoms with Gasteiger partial charge in [-0.25, -0.2) is 9.13 Å². The van der Waals surface area contributed by atoms with Gasteiger partial charge in [-0.3, -0.25) is 37.3 Å². The summed E-state index contributed by atoms with van der Waals surface area (Å²) in [4.78, 5) is 73.0. The van der Waals surface area contributed by atoms with Crippen LogP contribution in [0.4, 0.5) is 0 Å². The first kappa shape index (κ1) is 98.1. The number of unbranched alkanes of at least 4 members (excludes halogenated alkanes) is 44. The van der Waals surface area contributed by atoms with Crippen LogP contribution in [0.1, 0.15) is 415 Å². The molecule has 0 fully saturated rings. The standard InChI is InChI=1S/C81H158O17P2/c1-71(2)57-49-41-33-26-20-14-11-9-10-12-16-23-29-37-45-53-61-78(83)91-67-76(97-80(85)63-55-47-38-30-24-17-13-15-21-27-34-42-50-58-72(3)4)69-95-99(87,88)93-65-75(82)66-94-100(89,90)96-70-77(68-92-79(84)62-54-46-40-32-36-44-52-60-74(7)8)98-81(86)64-56-48-39-31-25-19-18-22-28-35-43-51-59-73(5)6/h71-77,82H,9-70H2,1-8H3,(H,87,88)(H,89,90)/t75?,76-,77-/m1/s1. The van der Waals surface area contributed by atoms with E-state index < -0.39 is 97.5 Å². The van der Waals surface area contributed by atoms with E-state index in [1.807, 2.05) is 0 Å². The van der Waals surface area contributed by atoms with Gasteiger partial charge in [-0.15, -0.1) is 0 Å². The fourth-order valence-corrected chi connectivity index (χ4v) is 14.0. The molecule has 0 radical (unpaired) electrons. The van der Waals surface area contributed by atoms with Gasteiger partial charge in [0, 0.05) is 25.7 Å². The highest BCUT2D eigenvalue weighted by atomic mass is 31.2. The number of carbonyl (C=O) groups is 4. The molecule has 0 aliphatic heterocycles. The van der Waals surface area contributed by atoms with Gasteiger partial charge >= 0.3 is 39.5 Å².